The SMILES string of the molecule is CCOc1ccc(C(=O)c2cc(C)ccc2OC)c(Br)c1. The van der Waals surface area contributed by atoms with Gasteiger partial charge in [0.1, 0.15) is 11.5 Å². The summed E-state index contributed by atoms with van der Waals surface area (Å²) < 4.78 is 11.4. The number of ether oxygens (including phenoxy) is 2. The van der Waals surface area contributed by atoms with Gasteiger partial charge in [-0.15, -0.1) is 0 Å². The van der Waals surface area contributed by atoms with Crippen molar-refractivity contribution in [3.8, 4) is 11.5 Å². The summed E-state index contributed by atoms with van der Waals surface area (Å²) in [6.07, 6.45) is 0. The zero-order valence-corrected chi connectivity index (χ0v) is 13.9. The molecule has 21 heavy (non-hydrogen) atoms. The quantitative estimate of drug-likeness (QED) is 0.751. The van der Waals surface area contributed by atoms with E-state index in [4.69, 9.17) is 9.47 Å². The van der Waals surface area contributed by atoms with Crippen molar-refractivity contribution in [3.05, 3.63) is 57.6 Å². The number of aryl methyl sites for hydroxylation is 1. The number of benzene rings is 2. The lowest BCUT2D eigenvalue weighted by atomic mass is 10.0. The topological polar surface area (TPSA) is 35.5 Å². The summed E-state index contributed by atoms with van der Waals surface area (Å²) in [4.78, 5) is 12.7. The fourth-order valence-corrected chi connectivity index (χ4v) is 2.62. The second-order valence-corrected chi connectivity index (χ2v) is 5.46. The van der Waals surface area contributed by atoms with Crippen molar-refractivity contribution in [3.63, 3.8) is 0 Å². The molecule has 0 heterocycles. The van der Waals surface area contributed by atoms with E-state index in [0.717, 1.165) is 11.3 Å². The Morgan fingerprint density at radius 1 is 1.14 bits per heavy atom. The number of hydrogen-bond acceptors (Lipinski definition) is 3. The average molecular weight is 349 g/mol. The molecule has 2 aromatic rings. The molecule has 110 valence electrons. The highest BCUT2D eigenvalue weighted by molar-refractivity contribution is 9.10. The van der Waals surface area contributed by atoms with Crippen molar-refractivity contribution in [1.29, 1.82) is 0 Å². The van der Waals surface area contributed by atoms with Crippen LogP contribution in [0.1, 0.15) is 28.4 Å². The first kappa shape index (κ1) is 15.6. The molecule has 0 N–H and O–H groups in total. The summed E-state index contributed by atoms with van der Waals surface area (Å²) in [5.74, 6) is 1.23. The Bertz CT molecular complexity index is 665. The van der Waals surface area contributed by atoms with Gasteiger partial charge in [0.25, 0.3) is 0 Å². The summed E-state index contributed by atoms with van der Waals surface area (Å²) in [6.45, 7) is 4.46. The molecule has 0 saturated heterocycles. The number of ketones is 1. The zero-order valence-electron chi connectivity index (χ0n) is 12.3. The molecule has 0 saturated carbocycles. The minimum Gasteiger partial charge on any atom is -0.496 e. The van der Waals surface area contributed by atoms with Crippen LogP contribution in [0.4, 0.5) is 0 Å². The van der Waals surface area contributed by atoms with Crippen LogP contribution in [0.2, 0.25) is 0 Å². The lowest BCUT2D eigenvalue weighted by molar-refractivity contribution is 0.103. The van der Waals surface area contributed by atoms with E-state index in [1.54, 1.807) is 25.3 Å². The van der Waals surface area contributed by atoms with E-state index in [-0.39, 0.29) is 5.78 Å². The van der Waals surface area contributed by atoms with Gasteiger partial charge < -0.3 is 9.47 Å². The number of hydrogen-bond donors (Lipinski definition) is 0. The molecule has 0 radical (unpaired) electrons. The van der Waals surface area contributed by atoms with Gasteiger partial charge in [-0.3, -0.25) is 4.79 Å². The van der Waals surface area contributed by atoms with Crippen LogP contribution in [-0.4, -0.2) is 19.5 Å². The number of halogens is 1. The molecule has 0 bridgehead atoms. The standard InChI is InChI=1S/C17H17BrO3/c1-4-21-12-6-7-13(15(18)10-12)17(19)14-9-11(2)5-8-16(14)20-3/h5-10H,4H2,1-3H3. The smallest absolute Gasteiger partial charge is 0.197 e. The van der Waals surface area contributed by atoms with Crippen LogP contribution >= 0.6 is 15.9 Å². The van der Waals surface area contributed by atoms with Crippen LogP contribution < -0.4 is 9.47 Å². The summed E-state index contributed by atoms with van der Waals surface area (Å²) in [7, 11) is 1.56. The Hall–Kier alpha value is -1.81. The van der Waals surface area contributed by atoms with Crippen molar-refractivity contribution in [2.75, 3.05) is 13.7 Å². The number of carbonyl (C=O) groups is 1. The largest absolute Gasteiger partial charge is 0.496 e. The van der Waals surface area contributed by atoms with E-state index in [2.05, 4.69) is 15.9 Å². The normalized spacial score (nSPS) is 10.3. The summed E-state index contributed by atoms with van der Waals surface area (Å²) in [5.41, 5.74) is 2.16. The molecule has 0 aliphatic heterocycles. The van der Waals surface area contributed by atoms with Crippen LogP contribution in [0.15, 0.2) is 40.9 Å². The highest BCUT2D eigenvalue weighted by Gasteiger charge is 2.17. The molecule has 3 nitrogen and oxygen atoms in total. The van der Waals surface area contributed by atoms with Crippen molar-refractivity contribution in [2.24, 2.45) is 0 Å². The van der Waals surface area contributed by atoms with Crippen molar-refractivity contribution >= 4 is 21.7 Å². The van der Waals surface area contributed by atoms with Crippen molar-refractivity contribution in [2.45, 2.75) is 13.8 Å². The number of carbonyl (C=O) groups excluding carboxylic acids is 1. The molecule has 0 atom stereocenters. The second kappa shape index (κ2) is 6.76. The molecule has 2 aromatic carbocycles. The maximum Gasteiger partial charge on any atom is 0.197 e. The average Bonchev–Trinajstić information content (AvgIpc) is 2.47. The van der Waals surface area contributed by atoms with Gasteiger partial charge in [0.15, 0.2) is 5.78 Å². The molecular formula is C17H17BrO3. The van der Waals surface area contributed by atoms with E-state index >= 15 is 0 Å². The van der Waals surface area contributed by atoms with Gasteiger partial charge in [-0.25, -0.2) is 0 Å². The molecule has 0 amide bonds. The predicted molar refractivity (Wildman–Crippen MR) is 86.5 cm³/mol. The summed E-state index contributed by atoms with van der Waals surface area (Å²) in [5, 5.41) is 0. The minimum atomic E-state index is -0.0783. The van der Waals surface area contributed by atoms with Crippen LogP contribution in [0, 0.1) is 6.92 Å². The van der Waals surface area contributed by atoms with Crippen LogP contribution in [-0.2, 0) is 0 Å². The fourth-order valence-electron chi connectivity index (χ4n) is 2.08. The lowest BCUT2D eigenvalue weighted by Gasteiger charge is -2.11. The third-order valence-corrected chi connectivity index (χ3v) is 3.75. The Labute approximate surface area is 133 Å². The van der Waals surface area contributed by atoms with Crippen molar-refractivity contribution in [1.82, 2.24) is 0 Å². The molecular weight excluding hydrogens is 332 g/mol. The van der Waals surface area contributed by atoms with Gasteiger partial charge >= 0.3 is 0 Å². The monoisotopic (exact) mass is 348 g/mol. The van der Waals surface area contributed by atoms with Gasteiger partial charge in [-0.1, -0.05) is 11.6 Å². The third-order valence-electron chi connectivity index (χ3n) is 3.10. The summed E-state index contributed by atoms with van der Waals surface area (Å²) in [6, 6.07) is 10.9. The molecule has 0 unspecified atom stereocenters. The van der Waals surface area contributed by atoms with Crippen LogP contribution in [0.25, 0.3) is 0 Å². The van der Waals surface area contributed by atoms with E-state index in [1.165, 1.54) is 0 Å². The zero-order chi connectivity index (χ0) is 15.4. The lowest BCUT2D eigenvalue weighted by Crippen LogP contribution is -2.05. The molecule has 0 aliphatic carbocycles. The third kappa shape index (κ3) is 3.45. The molecule has 0 aliphatic rings. The fraction of sp³-hybridized carbons (Fsp3) is 0.235. The van der Waals surface area contributed by atoms with Gasteiger partial charge in [-0.2, -0.15) is 0 Å². The first-order valence-corrected chi connectivity index (χ1v) is 7.47. The summed E-state index contributed by atoms with van der Waals surface area (Å²) >= 11 is 3.44. The van der Waals surface area contributed by atoms with Gasteiger partial charge in [0, 0.05) is 10.0 Å². The molecule has 2 rings (SSSR count). The Kier molecular flexibility index (Phi) is 5.02. The second-order valence-electron chi connectivity index (χ2n) is 4.61. The van der Waals surface area contributed by atoms with E-state index in [1.807, 2.05) is 32.0 Å². The highest BCUT2D eigenvalue weighted by atomic mass is 79.9. The van der Waals surface area contributed by atoms with E-state index < -0.39 is 0 Å². The van der Waals surface area contributed by atoms with Crippen LogP contribution in [0.5, 0.6) is 11.5 Å². The van der Waals surface area contributed by atoms with Gasteiger partial charge in [0.05, 0.1) is 19.3 Å². The van der Waals surface area contributed by atoms with E-state index in [0.29, 0.717) is 28.0 Å². The van der Waals surface area contributed by atoms with Gasteiger partial charge in [0.2, 0.25) is 0 Å². The van der Waals surface area contributed by atoms with E-state index in [9.17, 15) is 4.79 Å². The first-order chi connectivity index (χ1) is 10.1. The van der Waals surface area contributed by atoms with Gasteiger partial charge in [-0.05, 0) is 60.1 Å². The Balaban J connectivity index is 2.43. The number of methoxy groups -OCH3 is 1. The number of rotatable bonds is 5. The molecule has 0 fully saturated rings. The highest BCUT2D eigenvalue weighted by Crippen LogP contribution is 2.29. The maximum absolute atomic E-state index is 12.7. The first-order valence-electron chi connectivity index (χ1n) is 6.68. The van der Waals surface area contributed by atoms with Crippen LogP contribution in [0.3, 0.4) is 0 Å². The minimum absolute atomic E-state index is 0.0783. The molecule has 0 aromatic heterocycles. The maximum atomic E-state index is 12.7. The Morgan fingerprint density at radius 3 is 2.52 bits per heavy atom. The predicted octanol–water partition coefficient (Wildman–Crippen LogP) is 4.40. The molecule has 4 heteroatoms. The van der Waals surface area contributed by atoms with Crippen molar-refractivity contribution < 1.29 is 14.3 Å². The molecule has 0 spiro atoms. The Morgan fingerprint density at radius 2 is 1.90 bits per heavy atom.